The Balaban J connectivity index is 3.01. The molecule has 0 fully saturated rings. The molecule has 11 heavy (non-hydrogen) atoms. The molecule has 0 spiro atoms. The second-order valence-electron chi connectivity index (χ2n) is 2.27. The highest BCUT2D eigenvalue weighted by Gasteiger charge is 1.99. The van der Waals surface area contributed by atoms with E-state index in [1.807, 2.05) is 6.07 Å². The van der Waals surface area contributed by atoms with Crippen molar-refractivity contribution in [2.45, 2.75) is 12.3 Å². The summed E-state index contributed by atoms with van der Waals surface area (Å²) >= 11 is 3.29. The fraction of sp³-hybridized carbons (Fsp3) is 0.250. The van der Waals surface area contributed by atoms with E-state index < -0.39 is 0 Å². The second-order valence-corrected chi connectivity index (χ2v) is 2.83. The molecule has 0 N–H and O–H groups in total. The van der Waals surface area contributed by atoms with Gasteiger partial charge in [0.2, 0.25) is 0 Å². The van der Waals surface area contributed by atoms with Gasteiger partial charge < -0.3 is 0 Å². The maximum Gasteiger partial charge on any atom is 0.161 e. The largest absolute Gasteiger partial charge is 0.294 e. The second kappa shape index (κ2) is 3.62. The molecule has 1 rings (SSSR count). The lowest BCUT2D eigenvalue weighted by molar-refractivity contribution is 0.101. The molecule has 0 saturated carbocycles. The third-order valence-electron chi connectivity index (χ3n) is 1.36. The number of ketones is 1. The summed E-state index contributed by atoms with van der Waals surface area (Å²) in [7, 11) is 0. The Bertz CT molecular complexity index is 273. The lowest BCUT2D eigenvalue weighted by Gasteiger charge is -1.96. The summed E-state index contributed by atoms with van der Waals surface area (Å²) in [6, 6.07) is 1.84. The number of alkyl halides is 1. The monoisotopic (exact) mass is 213 g/mol. The van der Waals surface area contributed by atoms with Crippen molar-refractivity contribution in [2.75, 3.05) is 0 Å². The van der Waals surface area contributed by atoms with Crippen LogP contribution in [0.4, 0.5) is 0 Å². The Morgan fingerprint density at radius 1 is 1.64 bits per heavy atom. The van der Waals surface area contributed by atoms with Crippen LogP contribution in [0.1, 0.15) is 22.8 Å². The minimum Gasteiger partial charge on any atom is -0.294 e. The molecule has 1 aromatic heterocycles. The van der Waals surface area contributed by atoms with Gasteiger partial charge in [0.05, 0.1) is 0 Å². The number of carbonyl (C=O) groups excluding carboxylic acids is 1. The Morgan fingerprint density at radius 2 is 2.36 bits per heavy atom. The first-order chi connectivity index (χ1) is 5.24. The smallest absolute Gasteiger partial charge is 0.161 e. The number of halogens is 1. The summed E-state index contributed by atoms with van der Waals surface area (Å²) < 4.78 is 0. The van der Waals surface area contributed by atoms with Crippen LogP contribution in [0.3, 0.4) is 0 Å². The van der Waals surface area contributed by atoms with E-state index in [9.17, 15) is 4.79 Å². The lowest BCUT2D eigenvalue weighted by Crippen LogP contribution is -1.94. The van der Waals surface area contributed by atoms with E-state index in [1.54, 1.807) is 12.4 Å². The van der Waals surface area contributed by atoms with Crippen LogP contribution in [0.25, 0.3) is 0 Å². The van der Waals surface area contributed by atoms with Gasteiger partial charge in [-0.2, -0.15) is 0 Å². The molecule has 0 aromatic carbocycles. The molecule has 0 bridgehead atoms. The van der Waals surface area contributed by atoms with E-state index >= 15 is 0 Å². The van der Waals surface area contributed by atoms with Crippen molar-refractivity contribution in [3.05, 3.63) is 29.6 Å². The van der Waals surface area contributed by atoms with Crippen molar-refractivity contribution in [3.63, 3.8) is 0 Å². The number of hydrogen-bond acceptors (Lipinski definition) is 2. The molecule has 3 heteroatoms. The van der Waals surface area contributed by atoms with Crippen molar-refractivity contribution in [2.24, 2.45) is 0 Å². The van der Waals surface area contributed by atoms with Gasteiger partial charge in [-0.3, -0.25) is 9.78 Å². The number of Topliss-reactive ketones (excluding diaryl/α,β-unsaturated/α-hetero) is 1. The zero-order valence-electron chi connectivity index (χ0n) is 6.17. The summed E-state index contributed by atoms with van der Waals surface area (Å²) in [6.07, 6.45) is 3.32. The van der Waals surface area contributed by atoms with Crippen LogP contribution in [0.2, 0.25) is 0 Å². The lowest BCUT2D eigenvalue weighted by atomic mass is 10.2. The number of hydrogen-bond donors (Lipinski definition) is 0. The van der Waals surface area contributed by atoms with E-state index in [-0.39, 0.29) is 5.78 Å². The number of nitrogens with zero attached hydrogens (tertiary/aromatic N) is 1. The Labute approximate surface area is 73.8 Å². The average molecular weight is 214 g/mol. The van der Waals surface area contributed by atoms with Crippen molar-refractivity contribution < 1.29 is 4.79 Å². The van der Waals surface area contributed by atoms with Gasteiger partial charge in [0.15, 0.2) is 5.78 Å². The predicted molar refractivity (Wildman–Crippen MR) is 46.9 cm³/mol. The average Bonchev–Trinajstić information content (AvgIpc) is 2.05. The number of rotatable bonds is 2. The Kier molecular flexibility index (Phi) is 2.76. The topological polar surface area (TPSA) is 30.0 Å². The highest BCUT2D eigenvalue weighted by Crippen LogP contribution is 2.06. The number of carbonyl (C=O) groups is 1. The molecule has 0 unspecified atom stereocenters. The highest BCUT2D eigenvalue weighted by atomic mass is 79.9. The van der Waals surface area contributed by atoms with E-state index in [0.29, 0.717) is 5.56 Å². The normalized spacial score (nSPS) is 9.64. The molecule has 58 valence electrons. The van der Waals surface area contributed by atoms with E-state index in [4.69, 9.17) is 0 Å². The number of pyridine rings is 1. The van der Waals surface area contributed by atoms with Crippen molar-refractivity contribution in [1.29, 1.82) is 0 Å². The molecule has 0 aliphatic heterocycles. The van der Waals surface area contributed by atoms with Crippen molar-refractivity contribution in [1.82, 2.24) is 4.98 Å². The quantitative estimate of drug-likeness (QED) is 0.557. The number of aromatic nitrogens is 1. The van der Waals surface area contributed by atoms with Crippen LogP contribution in [0.5, 0.6) is 0 Å². The van der Waals surface area contributed by atoms with E-state index in [0.717, 1.165) is 10.9 Å². The summed E-state index contributed by atoms with van der Waals surface area (Å²) in [5.74, 6) is 0.0558. The van der Waals surface area contributed by atoms with Gasteiger partial charge in [0.1, 0.15) is 0 Å². The Hall–Kier alpha value is -0.700. The van der Waals surface area contributed by atoms with Crippen LogP contribution < -0.4 is 0 Å². The maximum atomic E-state index is 10.9. The van der Waals surface area contributed by atoms with Crippen LogP contribution in [0.15, 0.2) is 18.5 Å². The van der Waals surface area contributed by atoms with Crippen LogP contribution >= 0.6 is 15.9 Å². The van der Waals surface area contributed by atoms with Crippen LogP contribution in [0, 0.1) is 0 Å². The van der Waals surface area contributed by atoms with Gasteiger partial charge in [-0.25, -0.2) is 0 Å². The molecule has 2 nitrogen and oxygen atoms in total. The molecule has 0 atom stereocenters. The zero-order chi connectivity index (χ0) is 8.27. The SMILES string of the molecule is CC(=O)c1cncc(CBr)c1. The molecular weight excluding hydrogens is 206 g/mol. The van der Waals surface area contributed by atoms with Gasteiger partial charge in [-0.1, -0.05) is 15.9 Å². The zero-order valence-corrected chi connectivity index (χ0v) is 7.76. The third-order valence-corrected chi connectivity index (χ3v) is 2.00. The minimum absolute atomic E-state index is 0.0558. The van der Waals surface area contributed by atoms with Gasteiger partial charge >= 0.3 is 0 Å². The van der Waals surface area contributed by atoms with E-state index in [1.165, 1.54) is 6.92 Å². The molecule has 0 radical (unpaired) electrons. The molecule has 0 aliphatic carbocycles. The standard InChI is InChI=1S/C8H8BrNO/c1-6(11)8-2-7(3-9)4-10-5-8/h2,4-5H,3H2,1H3. The first-order valence-electron chi connectivity index (χ1n) is 3.25. The predicted octanol–water partition coefficient (Wildman–Crippen LogP) is 2.18. The first-order valence-corrected chi connectivity index (χ1v) is 4.37. The van der Waals surface area contributed by atoms with Crippen LogP contribution in [-0.2, 0) is 5.33 Å². The fourth-order valence-electron chi connectivity index (χ4n) is 0.753. The molecule has 0 amide bonds. The summed E-state index contributed by atoms with van der Waals surface area (Å²) in [5, 5.41) is 0.737. The maximum absolute atomic E-state index is 10.9. The van der Waals surface area contributed by atoms with Gasteiger partial charge in [0, 0.05) is 23.3 Å². The molecule has 1 heterocycles. The molecular formula is C8H8BrNO. The summed E-state index contributed by atoms with van der Waals surface area (Å²) in [6.45, 7) is 1.54. The van der Waals surface area contributed by atoms with E-state index in [2.05, 4.69) is 20.9 Å². The van der Waals surface area contributed by atoms with Gasteiger partial charge in [0.25, 0.3) is 0 Å². The van der Waals surface area contributed by atoms with Crippen molar-refractivity contribution >= 4 is 21.7 Å². The first kappa shape index (κ1) is 8.40. The molecule has 0 aliphatic rings. The van der Waals surface area contributed by atoms with Crippen molar-refractivity contribution in [3.8, 4) is 0 Å². The molecule has 0 saturated heterocycles. The van der Waals surface area contributed by atoms with Crippen LogP contribution in [-0.4, -0.2) is 10.8 Å². The minimum atomic E-state index is 0.0558. The summed E-state index contributed by atoms with van der Waals surface area (Å²) in [4.78, 5) is 14.8. The van der Waals surface area contributed by atoms with Gasteiger partial charge in [-0.05, 0) is 18.6 Å². The highest BCUT2D eigenvalue weighted by molar-refractivity contribution is 9.08. The van der Waals surface area contributed by atoms with Gasteiger partial charge in [-0.15, -0.1) is 0 Å². The Morgan fingerprint density at radius 3 is 2.91 bits per heavy atom. The fourth-order valence-corrected chi connectivity index (χ4v) is 1.06. The molecule has 1 aromatic rings. The summed E-state index contributed by atoms with van der Waals surface area (Å²) in [5.41, 5.74) is 1.69. The third kappa shape index (κ3) is 2.12.